The molecular formula is C31H59N3O2. The van der Waals surface area contributed by atoms with Gasteiger partial charge >= 0.3 is 0 Å². The molecule has 5 rings (SSSR count). The lowest BCUT2D eigenvalue weighted by Crippen LogP contribution is -2.55. The van der Waals surface area contributed by atoms with Crippen molar-refractivity contribution in [2.75, 3.05) is 26.2 Å². The zero-order valence-electron chi connectivity index (χ0n) is 24.7. The summed E-state index contributed by atoms with van der Waals surface area (Å²) >= 11 is 0. The second kappa shape index (κ2) is 16.7. The molecule has 0 spiro atoms. The van der Waals surface area contributed by atoms with Gasteiger partial charge in [-0.15, -0.1) is 0 Å². The third kappa shape index (κ3) is 8.74. The molecule has 2 saturated carbocycles. The van der Waals surface area contributed by atoms with Crippen molar-refractivity contribution in [2.24, 2.45) is 23.7 Å². The first-order valence-electron chi connectivity index (χ1n) is 15.8. The molecule has 36 heavy (non-hydrogen) atoms. The van der Waals surface area contributed by atoms with E-state index < -0.39 is 0 Å². The van der Waals surface area contributed by atoms with E-state index in [2.05, 4.69) is 29.0 Å². The van der Waals surface area contributed by atoms with E-state index in [1.165, 1.54) is 57.8 Å². The molecule has 0 aromatic carbocycles. The molecule has 3 aliphatic heterocycles. The molecule has 5 aliphatic rings. The standard InChI is InChI=1S/C14H24N2O.C13H23NO.2C2H6/c1-10-2-4-11(5-3-10)14(17)16-12-6-7-13(16)9-15-8-12;1-11-5-7-12(8-6-11)13(15)14-9-3-2-4-10-14;2*1-2/h10-13,15H,2-9H2,1H3;11-12H,2-10H2,1H3;2*1-2H3/t10?,11?,12-,13+;;;. The van der Waals surface area contributed by atoms with Gasteiger partial charge in [0.05, 0.1) is 0 Å². The van der Waals surface area contributed by atoms with Crippen molar-refractivity contribution in [3.05, 3.63) is 0 Å². The van der Waals surface area contributed by atoms with Crippen molar-refractivity contribution < 1.29 is 9.59 Å². The Kier molecular flexibility index (Phi) is 14.4. The predicted molar refractivity (Wildman–Crippen MR) is 152 cm³/mol. The number of carbonyl (C=O) groups is 2. The summed E-state index contributed by atoms with van der Waals surface area (Å²) in [5, 5.41) is 3.45. The van der Waals surface area contributed by atoms with E-state index >= 15 is 0 Å². The van der Waals surface area contributed by atoms with Crippen LogP contribution in [0, 0.1) is 23.7 Å². The number of hydrogen-bond donors (Lipinski definition) is 1. The zero-order valence-corrected chi connectivity index (χ0v) is 24.7. The van der Waals surface area contributed by atoms with Crippen molar-refractivity contribution >= 4 is 11.8 Å². The second-order valence-electron chi connectivity index (χ2n) is 11.6. The quantitative estimate of drug-likeness (QED) is 0.457. The van der Waals surface area contributed by atoms with Crippen LogP contribution in [-0.4, -0.2) is 59.9 Å². The van der Waals surface area contributed by atoms with Crippen LogP contribution in [0.3, 0.4) is 0 Å². The number of amides is 2. The van der Waals surface area contributed by atoms with E-state index in [1.54, 1.807) is 0 Å². The van der Waals surface area contributed by atoms with E-state index in [4.69, 9.17) is 0 Å². The average molecular weight is 506 g/mol. The van der Waals surface area contributed by atoms with Crippen molar-refractivity contribution in [2.45, 2.75) is 137 Å². The highest BCUT2D eigenvalue weighted by Gasteiger charge is 2.42. The number of hydrogen-bond acceptors (Lipinski definition) is 3. The highest BCUT2D eigenvalue weighted by Crippen LogP contribution is 2.34. The Morgan fingerprint density at radius 2 is 1.00 bits per heavy atom. The first kappa shape index (κ1) is 31.1. The summed E-state index contributed by atoms with van der Waals surface area (Å²) in [7, 11) is 0. The molecule has 5 heteroatoms. The maximum atomic E-state index is 12.6. The lowest BCUT2D eigenvalue weighted by atomic mass is 9.82. The largest absolute Gasteiger partial charge is 0.342 e. The van der Waals surface area contributed by atoms with Gasteiger partial charge < -0.3 is 15.1 Å². The summed E-state index contributed by atoms with van der Waals surface area (Å²) in [5.74, 6) is 3.31. The first-order chi connectivity index (χ1) is 17.5. The Labute approximate surface area is 223 Å². The van der Waals surface area contributed by atoms with Crippen LogP contribution in [0.25, 0.3) is 0 Å². The summed E-state index contributed by atoms with van der Waals surface area (Å²) in [6.45, 7) is 16.7. The van der Waals surface area contributed by atoms with E-state index in [-0.39, 0.29) is 0 Å². The van der Waals surface area contributed by atoms with Crippen LogP contribution in [0.2, 0.25) is 0 Å². The molecule has 0 aromatic rings. The number of nitrogens with one attached hydrogen (secondary N) is 1. The monoisotopic (exact) mass is 505 g/mol. The minimum atomic E-state index is 0.340. The zero-order chi connectivity index (χ0) is 26.5. The number of fused-ring (bicyclic) bond motifs is 2. The molecule has 2 atom stereocenters. The van der Waals surface area contributed by atoms with Gasteiger partial charge in [-0.3, -0.25) is 9.59 Å². The Morgan fingerprint density at radius 3 is 1.44 bits per heavy atom. The molecule has 2 bridgehead atoms. The average Bonchev–Trinajstić information content (AvgIpc) is 3.19. The van der Waals surface area contributed by atoms with Gasteiger partial charge in [0.1, 0.15) is 0 Å². The van der Waals surface area contributed by atoms with Crippen LogP contribution < -0.4 is 5.32 Å². The first-order valence-corrected chi connectivity index (χ1v) is 15.8. The maximum Gasteiger partial charge on any atom is 0.226 e. The van der Waals surface area contributed by atoms with Crippen molar-refractivity contribution in [1.29, 1.82) is 0 Å². The van der Waals surface area contributed by atoms with Crippen LogP contribution in [0.1, 0.15) is 125 Å². The number of piperidine rings is 1. The van der Waals surface area contributed by atoms with Gasteiger partial charge in [-0.25, -0.2) is 0 Å². The Bertz CT molecular complexity index is 601. The van der Waals surface area contributed by atoms with Gasteiger partial charge in [-0.05, 0) is 95.3 Å². The third-order valence-corrected chi connectivity index (χ3v) is 9.03. The van der Waals surface area contributed by atoms with Gasteiger partial charge in [0.15, 0.2) is 0 Å². The number of carbonyl (C=O) groups excluding carboxylic acids is 2. The summed E-state index contributed by atoms with van der Waals surface area (Å²) in [6.07, 6.45) is 15.7. The lowest BCUT2D eigenvalue weighted by molar-refractivity contribution is -0.140. The highest BCUT2D eigenvalue weighted by atomic mass is 16.2. The Hall–Kier alpha value is -1.10. The van der Waals surface area contributed by atoms with Crippen LogP contribution in [0.4, 0.5) is 0 Å². The number of piperazine rings is 1. The SMILES string of the molecule is CC.CC.CC1CCC(C(=O)N2CCCCC2)CC1.CC1CCC(C(=O)N2[C@@H]3CC[C@H]2CNC3)CC1. The van der Waals surface area contributed by atoms with Gasteiger partial charge in [0, 0.05) is 50.1 Å². The van der Waals surface area contributed by atoms with Crippen LogP contribution in [0.15, 0.2) is 0 Å². The van der Waals surface area contributed by atoms with E-state index in [0.717, 1.165) is 63.7 Å². The molecule has 5 nitrogen and oxygen atoms in total. The van der Waals surface area contributed by atoms with Crippen LogP contribution >= 0.6 is 0 Å². The molecule has 0 aromatic heterocycles. The minimum absolute atomic E-state index is 0.340. The van der Waals surface area contributed by atoms with Crippen molar-refractivity contribution in [1.82, 2.24) is 15.1 Å². The minimum Gasteiger partial charge on any atom is -0.342 e. The highest BCUT2D eigenvalue weighted by molar-refractivity contribution is 5.80. The molecule has 210 valence electrons. The fourth-order valence-corrected chi connectivity index (χ4v) is 6.74. The summed E-state index contributed by atoms with van der Waals surface area (Å²) in [5.41, 5.74) is 0. The summed E-state index contributed by atoms with van der Waals surface area (Å²) in [6, 6.07) is 1.00. The number of likely N-dealkylation sites (tertiary alicyclic amines) is 1. The smallest absolute Gasteiger partial charge is 0.226 e. The van der Waals surface area contributed by atoms with Crippen LogP contribution in [0.5, 0.6) is 0 Å². The molecule has 3 saturated heterocycles. The van der Waals surface area contributed by atoms with Crippen LogP contribution in [-0.2, 0) is 9.59 Å². The maximum absolute atomic E-state index is 12.6. The summed E-state index contributed by atoms with van der Waals surface area (Å²) < 4.78 is 0. The predicted octanol–water partition coefficient (Wildman–Crippen LogP) is 6.65. The molecular weight excluding hydrogens is 446 g/mol. The van der Waals surface area contributed by atoms with Gasteiger partial charge in [-0.1, -0.05) is 41.5 Å². The fourth-order valence-electron chi connectivity index (χ4n) is 6.74. The number of rotatable bonds is 2. The molecule has 2 amide bonds. The molecule has 5 fully saturated rings. The normalized spacial score (nSPS) is 33.6. The van der Waals surface area contributed by atoms with Gasteiger partial charge in [0.2, 0.25) is 11.8 Å². The Balaban J connectivity index is 0.000000225. The van der Waals surface area contributed by atoms with Crippen molar-refractivity contribution in [3.8, 4) is 0 Å². The summed E-state index contributed by atoms with van der Waals surface area (Å²) in [4.78, 5) is 29.2. The van der Waals surface area contributed by atoms with Gasteiger partial charge in [0.25, 0.3) is 0 Å². The molecule has 0 radical (unpaired) electrons. The second-order valence-corrected chi connectivity index (χ2v) is 11.6. The third-order valence-electron chi connectivity index (χ3n) is 9.03. The van der Waals surface area contributed by atoms with Gasteiger partial charge in [-0.2, -0.15) is 0 Å². The fraction of sp³-hybridized carbons (Fsp3) is 0.935. The topological polar surface area (TPSA) is 52.7 Å². The number of nitrogens with zero attached hydrogens (tertiary/aromatic N) is 2. The Morgan fingerprint density at radius 1 is 0.583 bits per heavy atom. The van der Waals surface area contributed by atoms with Crippen molar-refractivity contribution in [3.63, 3.8) is 0 Å². The van der Waals surface area contributed by atoms with E-state index in [1.807, 2.05) is 27.7 Å². The lowest BCUT2D eigenvalue weighted by Gasteiger charge is -2.39. The molecule has 3 heterocycles. The van der Waals surface area contributed by atoms with E-state index in [9.17, 15) is 9.59 Å². The molecule has 2 aliphatic carbocycles. The van der Waals surface area contributed by atoms with E-state index in [0.29, 0.717) is 35.7 Å². The molecule has 0 unspecified atom stereocenters. The molecule has 1 N–H and O–H groups in total.